The number of nitro groups is 1. The lowest BCUT2D eigenvalue weighted by atomic mass is 10.2. The molecule has 0 saturated heterocycles. The number of fused-ring (bicyclic) bond motifs is 3. The highest BCUT2D eigenvalue weighted by Gasteiger charge is 2.28. The van der Waals surface area contributed by atoms with E-state index in [0.29, 0.717) is 27.3 Å². The Hall–Kier alpha value is -3.19. The summed E-state index contributed by atoms with van der Waals surface area (Å²) < 4.78 is 8.71. The van der Waals surface area contributed by atoms with E-state index < -0.39 is 4.92 Å². The van der Waals surface area contributed by atoms with Crippen LogP contribution in [0.4, 0.5) is 5.69 Å². The summed E-state index contributed by atoms with van der Waals surface area (Å²) >= 11 is 5.94. The zero-order chi connectivity index (χ0) is 17.6. The summed E-state index contributed by atoms with van der Waals surface area (Å²) in [5.74, 6) is 0.399. The molecule has 0 aliphatic heterocycles. The molecule has 0 atom stereocenters. The minimum Gasteiger partial charge on any atom is -0.461 e. The van der Waals surface area contributed by atoms with Crippen LogP contribution in [0.15, 0.2) is 54.6 Å². The Balaban J connectivity index is 2.12. The predicted molar refractivity (Wildman–Crippen MR) is 92.4 cm³/mol. The monoisotopic (exact) mass is 355 g/mol. The van der Waals surface area contributed by atoms with Crippen LogP contribution < -0.4 is 9.25 Å². The number of ether oxygens (including phenoxy) is 1. The Bertz CT molecular complexity index is 1120. The largest absolute Gasteiger partial charge is 0.461 e. The first kappa shape index (κ1) is 15.3. The Morgan fingerprint density at radius 3 is 2.56 bits per heavy atom. The van der Waals surface area contributed by atoms with E-state index in [-0.39, 0.29) is 5.69 Å². The summed E-state index contributed by atoms with van der Waals surface area (Å²) in [5, 5.41) is 17.2. The summed E-state index contributed by atoms with van der Waals surface area (Å²) in [6.07, 6.45) is 0. The molecule has 2 aromatic heterocycles. The second-order valence-corrected chi connectivity index (χ2v) is 5.82. The Labute approximate surface area is 146 Å². The molecule has 2 aromatic carbocycles. The van der Waals surface area contributed by atoms with Crippen molar-refractivity contribution in [3.05, 3.63) is 69.7 Å². The molecule has 0 bridgehead atoms. The first-order valence-corrected chi connectivity index (χ1v) is 7.79. The van der Waals surface area contributed by atoms with Crippen LogP contribution in [0.2, 0.25) is 5.02 Å². The maximum absolute atomic E-state index is 11.5. The molecule has 0 fully saturated rings. The third kappa shape index (κ3) is 2.36. The fourth-order valence-electron chi connectivity index (χ4n) is 2.85. The van der Waals surface area contributed by atoms with Gasteiger partial charge in [-0.25, -0.2) is 0 Å². The Morgan fingerprint density at radius 1 is 1.16 bits per heavy atom. The van der Waals surface area contributed by atoms with Gasteiger partial charge in [0.2, 0.25) is 5.52 Å². The van der Waals surface area contributed by atoms with Gasteiger partial charge in [-0.1, -0.05) is 32.9 Å². The third-order valence-electron chi connectivity index (χ3n) is 3.96. The summed E-state index contributed by atoms with van der Waals surface area (Å²) in [6, 6.07) is 15.6. The molecule has 7 nitrogen and oxygen atoms in total. The van der Waals surface area contributed by atoms with E-state index >= 15 is 0 Å². The number of hydrogen-bond acceptors (Lipinski definition) is 4. The first-order chi connectivity index (χ1) is 12.1. The van der Waals surface area contributed by atoms with Crippen LogP contribution in [-0.2, 0) is 0 Å². The molecule has 0 saturated carbocycles. The van der Waals surface area contributed by atoms with Crippen molar-refractivity contribution in [3.8, 4) is 11.6 Å². The number of pyridine rings is 1. The zero-order valence-electron chi connectivity index (χ0n) is 13.1. The maximum Gasteiger partial charge on any atom is 0.361 e. The van der Waals surface area contributed by atoms with Crippen LogP contribution in [0, 0.1) is 10.1 Å². The molecule has 0 N–H and O–H groups in total. The molecule has 8 heteroatoms. The molecule has 0 amide bonds. The quantitative estimate of drug-likeness (QED) is 0.321. The number of methoxy groups -OCH3 is 1. The molecule has 0 aliphatic rings. The standard InChI is InChI=1S/C17H12ClN4O3/c1-25-17-16-10-15(22(23)24)13-4-2-3-5-14(13)21(16)19-20(17)12-8-6-11(18)7-9-12/h2-10H,1H3/q+1. The molecule has 0 unspecified atom stereocenters. The van der Waals surface area contributed by atoms with E-state index in [9.17, 15) is 10.1 Å². The second kappa shape index (κ2) is 5.71. The number of halogens is 1. The van der Waals surface area contributed by atoms with Gasteiger partial charge in [0, 0.05) is 5.02 Å². The highest BCUT2D eigenvalue weighted by Crippen LogP contribution is 2.29. The van der Waals surface area contributed by atoms with Gasteiger partial charge >= 0.3 is 5.88 Å². The minimum atomic E-state index is -0.401. The highest BCUT2D eigenvalue weighted by atomic mass is 35.5. The number of nitrogens with zero attached hydrogens (tertiary/aromatic N) is 4. The van der Waals surface area contributed by atoms with Crippen molar-refractivity contribution in [1.29, 1.82) is 0 Å². The van der Waals surface area contributed by atoms with Crippen LogP contribution in [0.5, 0.6) is 5.88 Å². The molecule has 4 aromatic rings. The van der Waals surface area contributed by atoms with Gasteiger partial charge in [-0.05, 0) is 36.4 Å². The van der Waals surface area contributed by atoms with Crippen molar-refractivity contribution in [2.24, 2.45) is 0 Å². The van der Waals surface area contributed by atoms with Crippen molar-refractivity contribution >= 4 is 33.7 Å². The number of rotatable bonds is 3. The van der Waals surface area contributed by atoms with Crippen LogP contribution in [0.1, 0.15) is 0 Å². The van der Waals surface area contributed by atoms with Crippen molar-refractivity contribution in [2.45, 2.75) is 0 Å². The number of para-hydroxylation sites is 1. The topological polar surface area (TPSA) is 74.3 Å². The van der Waals surface area contributed by atoms with E-state index in [4.69, 9.17) is 16.3 Å². The average molecular weight is 356 g/mol. The van der Waals surface area contributed by atoms with Gasteiger partial charge < -0.3 is 4.74 Å². The zero-order valence-corrected chi connectivity index (χ0v) is 13.8. The lowest BCUT2D eigenvalue weighted by Gasteiger charge is -1.98. The van der Waals surface area contributed by atoms with E-state index in [1.54, 1.807) is 51.7 Å². The molecule has 2 heterocycles. The second-order valence-electron chi connectivity index (χ2n) is 5.39. The fourth-order valence-corrected chi connectivity index (χ4v) is 2.98. The third-order valence-corrected chi connectivity index (χ3v) is 4.21. The summed E-state index contributed by atoms with van der Waals surface area (Å²) in [4.78, 5) is 11.1. The summed E-state index contributed by atoms with van der Waals surface area (Å²) in [6.45, 7) is 0. The molecule has 0 spiro atoms. The highest BCUT2D eigenvalue weighted by molar-refractivity contribution is 6.30. The van der Waals surface area contributed by atoms with Crippen molar-refractivity contribution in [1.82, 2.24) is 9.90 Å². The van der Waals surface area contributed by atoms with Gasteiger partial charge in [0.1, 0.15) is 10.6 Å². The van der Waals surface area contributed by atoms with Crippen LogP contribution in [0.25, 0.3) is 22.1 Å². The van der Waals surface area contributed by atoms with Crippen LogP contribution >= 0.6 is 11.6 Å². The van der Waals surface area contributed by atoms with E-state index in [0.717, 1.165) is 5.69 Å². The number of hydrogen-bond donors (Lipinski definition) is 0. The molecule has 25 heavy (non-hydrogen) atoms. The normalized spacial score (nSPS) is 11.1. The van der Waals surface area contributed by atoms with E-state index in [1.165, 1.54) is 13.2 Å². The summed E-state index contributed by atoms with van der Waals surface area (Å²) in [7, 11) is 1.50. The van der Waals surface area contributed by atoms with E-state index in [1.807, 2.05) is 6.07 Å². The molecule has 0 aliphatic carbocycles. The Morgan fingerprint density at radius 2 is 1.88 bits per heavy atom. The van der Waals surface area contributed by atoms with Gasteiger partial charge in [-0.15, -0.1) is 0 Å². The van der Waals surface area contributed by atoms with Crippen LogP contribution in [0.3, 0.4) is 0 Å². The van der Waals surface area contributed by atoms with Gasteiger partial charge in [0.05, 0.1) is 18.1 Å². The van der Waals surface area contributed by atoms with Crippen LogP contribution in [-0.4, -0.2) is 21.9 Å². The van der Waals surface area contributed by atoms with Gasteiger partial charge in [0.25, 0.3) is 5.69 Å². The van der Waals surface area contributed by atoms with Crippen molar-refractivity contribution < 1.29 is 14.2 Å². The van der Waals surface area contributed by atoms with Gasteiger partial charge in [-0.2, -0.15) is 0 Å². The number of aromatic nitrogens is 3. The van der Waals surface area contributed by atoms with Crippen molar-refractivity contribution in [2.75, 3.05) is 7.11 Å². The predicted octanol–water partition coefficient (Wildman–Crippen LogP) is 3.33. The summed E-state index contributed by atoms with van der Waals surface area (Å²) in [5.41, 5.74) is 1.86. The lowest BCUT2D eigenvalue weighted by Crippen LogP contribution is -2.26. The lowest BCUT2D eigenvalue weighted by molar-refractivity contribution is -0.556. The van der Waals surface area contributed by atoms with Gasteiger partial charge in [0.15, 0.2) is 11.2 Å². The molecule has 0 radical (unpaired) electrons. The van der Waals surface area contributed by atoms with Gasteiger partial charge in [-0.3, -0.25) is 10.1 Å². The van der Waals surface area contributed by atoms with E-state index in [2.05, 4.69) is 5.21 Å². The Kier molecular flexibility index (Phi) is 3.51. The number of benzene rings is 2. The molecular formula is C17H12ClN4O3+. The first-order valence-electron chi connectivity index (χ1n) is 7.41. The smallest absolute Gasteiger partial charge is 0.361 e. The SMILES string of the molecule is COc1c2cc([N+](=O)[O-])c3ccccc3[n+]2nn1-c1ccc(Cl)cc1. The fraction of sp³-hybridized carbons (Fsp3) is 0.0588. The molecule has 124 valence electrons. The molecular weight excluding hydrogens is 344 g/mol. The minimum absolute atomic E-state index is 0.00422. The maximum atomic E-state index is 11.5. The molecule has 4 rings (SSSR count). The van der Waals surface area contributed by atoms with Crippen molar-refractivity contribution in [3.63, 3.8) is 0 Å². The average Bonchev–Trinajstić information content (AvgIpc) is 3.00.